The van der Waals surface area contributed by atoms with Gasteiger partial charge in [0.2, 0.25) is 15.9 Å². The lowest BCUT2D eigenvalue weighted by Gasteiger charge is -2.22. The van der Waals surface area contributed by atoms with Crippen LogP contribution in [0, 0.1) is 21.7 Å². The van der Waals surface area contributed by atoms with E-state index in [1.165, 1.54) is 19.2 Å². The largest absolute Gasteiger partial charge is 0.495 e. The van der Waals surface area contributed by atoms with Crippen LogP contribution in [0.4, 0.5) is 25.8 Å². The number of carbonyl (C=O) groups is 1. The van der Waals surface area contributed by atoms with Crippen LogP contribution in [0.3, 0.4) is 0 Å². The summed E-state index contributed by atoms with van der Waals surface area (Å²) in [5.74, 6) is -2.63. The van der Waals surface area contributed by atoms with E-state index in [1.54, 1.807) is 0 Å². The third-order valence-electron chi connectivity index (χ3n) is 4.02. The molecular weight excluding hydrogens is 424 g/mol. The number of benzene rings is 2. The van der Waals surface area contributed by atoms with Crippen molar-refractivity contribution in [2.75, 3.05) is 29.5 Å². The normalized spacial score (nSPS) is 11.1. The van der Waals surface area contributed by atoms with Crippen molar-refractivity contribution in [2.45, 2.75) is 12.8 Å². The van der Waals surface area contributed by atoms with E-state index in [9.17, 15) is 32.1 Å². The number of hydrogen-bond donors (Lipinski definition) is 1. The van der Waals surface area contributed by atoms with Crippen molar-refractivity contribution in [1.29, 1.82) is 0 Å². The fourth-order valence-corrected chi connectivity index (χ4v) is 3.59. The number of hydrogen-bond acceptors (Lipinski definition) is 6. The molecule has 0 heterocycles. The lowest BCUT2D eigenvalue weighted by molar-refractivity contribution is -0.384. The summed E-state index contributed by atoms with van der Waals surface area (Å²) >= 11 is 0. The van der Waals surface area contributed by atoms with Gasteiger partial charge in [-0.15, -0.1) is 0 Å². The standard InChI is InChI=1S/C18H19F2N3O6S/c1-29-17-8-6-13(23(25)26)11-16(17)21-18(24)4-3-9-22(30(2,27)28)12-5-7-14(19)15(20)10-12/h5-8,10-11H,3-4,9H2,1-2H3,(H,21,24). The molecule has 0 atom stereocenters. The van der Waals surface area contributed by atoms with Crippen molar-refractivity contribution in [3.8, 4) is 5.75 Å². The molecule has 1 amide bonds. The maximum Gasteiger partial charge on any atom is 0.271 e. The fourth-order valence-electron chi connectivity index (χ4n) is 2.63. The Kier molecular flexibility index (Phi) is 7.27. The van der Waals surface area contributed by atoms with Crippen LogP contribution in [0.5, 0.6) is 5.75 Å². The number of halogens is 2. The van der Waals surface area contributed by atoms with Crippen LogP contribution < -0.4 is 14.4 Å². The van der Waals surface area contributed by atoms with E-state index in [0.717, 1.165) is 34.8 Å². The zero-order valence-corrected chi connectivity index (χ0v) is 16.9. The summed E-state index contributed by atoms with van der Waals surface area (Å²) in [4.78, 5) is 22.5. The van der Waals surface area contributed by atoms with Crippen molar-refractivity contribution < 1.29 is 31.7 Å². The topological polar surface area (TPSA) is 119 Å². The van der Waals surface area contributed by atoms with Gasteiger partial charge in [0.15, 0.2) is 11.6 Å². The molecule has 0 saturated carbocycles. The van der Waals surface area contributed by atoms with Crippen LogP contribution in [0.1, 0.15) is 12.8 Å². The number of nitro benzene ring substituents is 1. The molecule has 0 saturated heterocycles. The zero-order chi connectivity index (χ0) is 22.5. The average Bonchev–Trinajstić information content (AvgIpc) is 2.66. The molecule has 0 aromatic heterocycles. The van der Waals surface area contributed by atoms with Crippen molar-refractivity contribution in [3.05, 3.63) is 58.1 Å². The van der Waals surface area contributed by atoms with Crippen LogP contribution in [-0.2, 0) is 14.8 Å². The molecule has 0 radical (unpaired) electrons. The van der Waals surface area contributed by atoms with Crippen LogP contribution in [0.2, 0.25) is 0 Å². The number of non-ortho nitro benzene ring substituents is 1. The van der Waals surface area contributed by atoms with Gasteiger partial charge in [-0.25, -0.2) is 17.2 Å². The molecule has 30 heavy (non-hydrogen) atoms. The first kappa shape index (κ1) is 23.0. The van der Waals surface area contributed by atoms with E-state index >= 15 is 0 Å². The number of methoxy groups -OCH3 is 1. The predicted molar refractivity (Wildman–Crippen MR) is 106 cm³/mol. The highest BCUT2D eigenvalue weighted by molar-refractivity contribution is 7.92. The van der Waals surface area contributed by atoms with Crippen LogP contribution >= 0.6 is 0 Å². The smallest absolute Gasteiger partial charge is 0.271 e. The van der Waals surface area contributed by atoms with E-state index < -0.39 is 32.5 Å². The maximum absolute atomic E-state index is 13.5. The van der Waals surface area contributed by atoms with Gasteiger partial charge in [-0.1, -0.05) is 0 Å². The predicted octanol–water partition coefficient (Wildman–Crippen LogP) is 3.07. The second-order valence-corrected chi connectivity index (χ2v) is 8.13. The summed E-state index contributed by atoms with van der Waals surface area (Å²) in [5, 5.41) is 13.4. The lowest BCUT2D eigenvalue weighted by Crippen LogP contribution is -2.31. The molecule has 0 aliphatic heterocycles. The molecular formula is C18H19F2N3O6S. The summed E-state index contributed by atoms with van der Waals surface area (Å²) in [7, 11) is -2.48. The molecule has 12 heteroatoms. The SMILES string of the molecule is COc1ccc([N+](=O)[O-])cc1NC(=O)CCCN(c1ccc(F)c(F)c1)S(C)(=O)=O. The fraction of sp³-hybridized carbons (Fsp3) is 0.278. The highest BCUT2D eigenvalue weighted by Gasteiger charge is 2.20. The van der Waals surface area contributed by atoms with Crippen molar-refractivity contribution >= 4 is 33.0 Å². The number of nitro groups is 1. The second kappa shape index (κ2) is 9.48. The van der Waals surface area contributed by atoms with Crippen molar-refractivity contribution in [3.63, 3.8) is 0 Å². The lowest BCUT2D eigenvalue weighted by atomic mass is 10.2. The molecule has 9 nitrogen and oxygen atoms in total. The highest BCUT2D eigenvalue weighted by atomic mass is 32.2. The van der Waals surface area contributed by atoms with Gasteiger partial charge in [-0.05, 0) is 24.6 Å². The maximum atomic E-state index is 13.5. The monoisotopic (exact) mass is 443 g/mol. The number of carbonyl (C=O) groups excluding carboxylic acids is 1. The first-order chi connectivity index (χ1) is 14.0. The van der Waals surface area contributed by atoms with Gasteiger partial charge in [0, 0.05) is 31.2 Å². The minimum atomic E-state index is -3.81. The molecule has 2 aromatic carbocycles. The van der Waals surface area contributed by atoms with Gasteiger partial charge in [0.1, 0.15) is 5.75 Å². The number of rotatable bonds is 9. The minimum absolute atomic E-state index is 0.0507. The van der Waals surface area contributed by atoms with Crippen LogP contribution in [0.15, 0.2) is 36.4 Å². The average molecular weight is 443 g/mol. The number of amides is 1. The number of nitrogens with one attached hydrogen (secondary N) is 1. The van der Waals surface area contributed by atoms with Crippen LogP contribution in [-0.4, -0.2) is 39.2 Å². The number of ether oxygens (including phenoxy) is 1. The Labute approximate surface area is 171 Å². The minimum Gasteiger partial charge on any atom is -0.495 e. The molecule has 2 aromatic rings. The Balaban J connectivity index is 2.07. The van der Waals surface area contributed by atoms with E-state index in [-0.39, 0.29) is 42.2 Å². The zero-order valence-electron chi connectivity index (χ0n) is 16.1. The summed E-state index contributed by atoms with van der Waals surface area (Å²) in [6.45, 7) is -0.163. The Bertz CT molecular complexity index is 1060. The molecule has 1 N–H and O–H groups in total. The third kappa shape index (κ3) is 5.86. The molecule has 162 valence electrons. The third-order valence-corrected chi connectivity index (χ3v) is 5.22. The Morgan fingerprint density at radius 2 is 1.90 bits per heavy atom. The van der Waals surface area contributed by atoms with Gasteiger partial charge < -0.3 is 10.1 Å². The summed E-state index contributed by atoms with van der Waals surface area (Å²) in [6, 6.07) is 6.38. The van der Waals surface area contributed by atoms with Gasteiger partial charge in [0.05, 0.1) is 29.7 Å². The van der Waals surface area contributed by atoms with E-state index in [0.29, 0.717) is 0 Å². The molecule has 0 aliphatic rings. The van der Waals surface area contributed by atoms with Gasteiger partial charge in [-0.3, -0.25) is 19.2 Å². The van der Waals surface area contributed by atoms with E-state index in [4.69, 9.17) is 4.74 Å². The highest BCUT2D eigenvalue weighted by Crippen LogP contribution is 2.29. The molecule has 0 aliphatic carbocycles. The second-order valence-electron chi connectivity index (χ2n) is 6.23. The van der Waals surface area contributed by atoms with Crippen LogP contribution in [0.25, 0.3) is 0 Å². The summed E-state index contributed by atoms with van der Waals surface area (Å²) < 4.78 is 56.5. The van der Waals surface area contributed by atoms with E-state index in [1.807, 2.05) is 0 Å². The van der Waals surface area contributed by atoms with Crippen molar-refractivity contribution in [2.24, 2.45) is 0 Å². The number of nitrogens with zero attached hydrogens (tertiary/aromatic N) is 2. The summed E-state index contributed by atoms with van der Waals surface area (Å²) in [6.07, 6.45) is 0.818. The summed E-state index contributed by atoms with van der Waals surface area (Å²) in [5.41, 5.74) is -0.220. The van der Waals surface area contributed by atoms with Gasteiger partial charge in [-0.2, -0.15) is 0 Å². The number of sulfonamides is 1. The quantitative estimate of drug-likeness (QED) is 0.470. The molecule has 0 spiro atoms. The number of anilines is 2. The Morgan fingerprint density at radius 1 is 1.20 bits per heavy atom. The first-order valence-electron chi connectivity index (χ1n) is 8.58. The molecule has 2 rings (SSSR count). The van der Waals surface area contributed by atoms with Crippen molar-refractivity contribution in [1.82, 2.24) is 0 Å². The molecule has 0 bridgehead atoms. The Morgan fingerprint density at radius 3 is 2.47 bits per heavy atom. The van der Waals surface area contributed by atoms with E-state index in [2.05, 4.69) is 5.32 Å². The van der Waals surface area contributed by atoms with Gasteiger partial charge in [0.25, 0.3) is 5.69 Å². The molecule has 0 fully saturated rings. The Hall–Kier alpha value is -3.28. The molecule has 0 unspecified atom stereocenters. The first-order valence-corrected chi connectivity index (χ1v) is 10.4. The van der Waals surface area contributed by atoms with Gasteiger partial charge >= 0.3 is 0 Å².